The molecule has 30 heavy (non-hydrogen) atoms. The molecule has 1 saturated heterocycles. The fourth-order valence-corrected chi connectivity index (χ4v) is 3.41. The molecule has 158 valence electrons. The zero-order valence-electron chi connectivity index (χ0n) is 16.8. The molecule has 1 amide bonds. The predicted molar refractivity (Wildman–Crippen MR) is 110 cm³/mol. The van der Waals surface area contributed by atoms with Gasteiger partial charge in [0.25, 0.3) is 11.6 Å². The summed E-state index contributed by atoms with van der Waals surface area (Å²) in [7, 11) is 2.76. The average molecular weight is 413 g/mol. The Balaban J connectivity index is 1.82. The molecule has 2 aromatic carbocycles. The van der Waals surface area contributed by atoms with E-state index in [1.165, 1.54) is 26.4 Å². The lowest BCUT2D eigenvalue weighted by atomic mass is 10.1. The maximum Gasteiger partial charge on any atom is 0.341 e. The van der Waals surface area contributed by atoms with Crippen LogP contribution in [-0.2, 0) is 11.3 Å². The molecule has 0 unspecified atom stereocenters. The fourth-order valence-electron chi connectivity index (χ4n) is 3.41. The molecule has 1 fully saturated rings. The quantitative estimate of drug-likeness (QED) is 0.421. The highest BCUT2D eigenvalue weighted by atomic mass is 16.6. The summed E-state index contributed by atoms with van der Waals surface area (Å²) in [4.78, 5) is 37.2. The van der Waals surface area contributed by atoms with Gasteiger partial charge in [0.15, 0.2) is 0 Å². The van der Waals surface area contributed by atoms with Gasteiger partial charge in [-0.3, -0.25) is 14.9 Å². The number of benzene rings is 2. The van der Waals surface area contributed by atoms with Crippen LogP contribution >= 0.6 is 0 Å². The van der Waals surface area contributed by atoms with Gasteiger partial charge in [0.2, 0.25) is 0 Å². The van der Waals surface area contributed by atoms with Gasteiger partial charge in [-0.2, -0.15) is 0 Å². The zero-order valence-corrected chi connectivity index (χ0v) is 16.8. The highest BCUT2D eigenvalue weighted by molar-refractivity contribution is 5.99. The summed E-state index contributed by atoms with van der Waals surface area (Å²) >= 11 is 0. The minimum Gasteiger partial charge on any atom is -0.496 e. The van der Waals surface area contributed by atoms with E-state index < -0.39 is 10.9 Å². The van der Waals surface area contributed by atoms with Crippen LogP contribution in [0.5, 0.6) is 5.75 Å². The minimum absolute atomic E-state index is 0.0666. The number of hydrogen-bond donors (Lipinski definition) is 1. The van der Waals surface area contributed by atoms with Crippen molar-refractivity contribution in [1.82, 2.24) is 4.90 Å². The maximum atomic E-state index is 12.8. The summed E-state index contributed by atoms with van der Waals surface area (Å²) in [5, 5.41) is 14.5. The Morgan fingerprint density at radius 3 is 2.47 bits per heavy atom. The van der Waals surface area contributed by atoms with E-state index in [2.05, 4.69) is 5.32 Å². The maximum absolute atomic E-state index is 12.8. The number of hydrogen-bond acceptors (Lipinski definition) is 7. The van der Waals surface area contributed by atoms with Crippen molar-refractivity contribution in [1.29, 1.82) is 0 Å². The first-order valence-corrected chi connectivity index (χ1v) is 9.51. The number of nitro benzene ring substituents is 1. The lowest BCUT2D eigenvalue weighted by Gasteiger charge is -2.16. The van der Waals surface area contributed by atoms with Crippen molar-refractivity contribution in [2.75, 3.05) is 32.6 Å². The van der Waals surface area contributed by atoms with Gasteiger partial charge in [-0.15, -0.1) is 0 Å². The van der Waals surface area contributed by atoms with Crippen LogP contribution in [0.25, 0.3) is 0 Å². The van der Waals surface area contributed by atoms with E-state index in [0.29, 0.717) is 36.6 Å². The second kappa shape index (κ2) is 9.25. The van der Waals surface area contributed by atoms with Crippen LogP contribution in [0.3, 0.4) is 0 Å². The molecule has 1 heterocycles. The van der Waals surface area contributed by atoms with E-state index in [1.54, 1.807) is 29.2 Å². The molecule has 0 aromatic heterocycles. The van der Waals surface area contributed by atoms with Gasteiger partial charge in [0, 0.05) is 31.4 Å². The number of carbonyl (C=O) groups is 2. The van der Waals surface area contributed by atoms with E-state index in [0.717, 1.165) is 18.4 Å². The summed E-state index contributed by atoms with van der Waals surface area (Å²) in [5.41, 5.74) is 1.50. The summed E-state index contributed by atoms with van der Waals surface area (Å²) in [5.74, 6) is -0.442. The van der Waals surface area contributed by atoms with Crippen LogP contribution in [0.4, 0.5) is 11.4 Å². The van der Waals surface area contributed by atoms with Gasteiger partial charge < -0.3 is 19.7 Å². The van der Waals surface area contributed by atoms with E-state index in [1.807, 2.05) is 0 Å². The Hall–Kier alpha value is -3.62. The predicted octanol–water partition coefficient (Wildman–Crippen LogP) is 3.24. The van der Waals surface area contributed by atoms with Gasteiger partial charge in [-0.25, -0.2) is 4.79 Å². The van der Waals surface area contributed by atoms with Crippen molar-refractivity contribution in [3.8, 4) is 5.75 Å². The third kappa shape index (κ3) is 4.51. The number of amides is 1. The fraction of sp³-hybridized carbons (Fsp3) is 0.333. The third-order valence-electron chi connectivity index (χ3n) is 4.98. The minimum atomic E-state index is -0.542. The van der Waals surface area contributed by atoms with E-state index in [-0.39, 0.29) is 17.2 Å². The molecule has 0 atom stereocenters. The Labute approximate surface area is 173 Å². The molecule has 0 spiro atoms. The topological polar surface area (TPSA) is 111 Å². The Morgan fingerprint density at radius 2 is 1.83 bits per heavy atom. The molecule has 0 saturated carbocycles. The van der Waals surface area contributed by atoms with Crippen molar-refractivity contribution in [3.63, 3.8) is 0 Å². The first kappa shape index (κ1) is 21.1. The van der Waals surface area contributed by atoms with E-state index in [4.69, 9.17) is 9.47 Å². The van der Waals surface area contributed by atoms with Crippen molar-refractivity contribution in [2.45, 2.75) is 19.4 Å². The molecule has 1 N–H and O–H groups in total. The van der Waals surface area contributed by atoms with Gasteiger partial charge in [0.1, 0.15) is 16.9 Å². The van der Waals surface area contributed by atoms with Crippen molar-refractivity contribution >= 4 is 23.3 Å². The van der Waals surface area contributed by atoms with Crippen molar-refractivity contribution < 1.29 is 24.0 Å². The lowest BCUT2D eigenvalue weighted by Crippen LogP contribution is -2.28. The van der Waals surface area contributed by atoms with Gasteiger partial charge >= 0.3 is 5.97 Å². The molecule has 1 aliphatic rings. The lowest BCUT2D eigenvalue weighted by molar-refractivity contribution is -0.385. The van der Waals surface area contributed by atoms with Crippen LogP contribution in [0.15, 0.2) is 36.4 Å². The van der Waals surface area contributed by atoms with Crippen molar-refractivity contribution in [3.05, 3.63) is 63.2 Å². The largest absolute Gasteiger partial charge is 0.496 e. The summed E-state index contributed by atoms with van der Waals surface area (Å²) in [6, 6.07) is 9.51. The highest BCUT2D eigenvalue weighted by Crippen LogP contribution is 2.27. The summed E-state index contributed by atoms with van der Waals surface area (Å²) < 4.78 is 9.96. The van der Waals surface area contributed by atoms with Crippen LogP contribution in [0, 0.1) is 10.1 Å². The Bertz CT molecular complexity index is 969. The smallest absolute Gasteiger partial charge is 0.341 e. The van der Waals surface area contributed by atoms with Crippen molar-refractivity contribution in [2.24, 2.45) is 0 Å². The molecular formula is C21H23N3O6. The standard InChI is InChI=1S/C21H23N3O6/c1-29-19-8-5-14(11-17(19)21(26)30-2)13-22-15-6-7-18(24(27)28)16(12-15)20(25)23-9-3-4-10-23/h5-8,11-12,22H,3-4,9-10,13H2,1-2H3. The number of nitro groups is 1. The van der Waals surface area contributed by atoms with Gasteiger partial charge in [0.05, 0.1) is 19.1 Å². The van der Waals surface area contributed by atoms with Gasteiger partial charge in [-0.05, 0) is 42.7 Å². The zero-order chi connectivity index (χ0) is 21.7. The number of esters is 1. The Morgan fingerprint density at radius 1 is 1.10 bits per heavy atom. The molecule has 0 radical (unpaired) electrons. The van der Waals surface area contributed by atoms with Crippen LogP contribution in [0.1, 0.15) is 39.1 Å². The molecule has 9 heteroatoms. The third-order valence-corrected chi connectivity index (χ3v) is 4.98. The molecular weight excluding hydrogens is 390 g/mol. The number of nitrogens with one attached hydrogen (secondary N) is 1. The molecule has 0 bridgehead atoms. The van der Waals surface area contributed by atoms with Crippen LogP contribution < -0.4 is 10.1 Å². The number of ether oxygens (including phenoxy) is 2. The number of carbonyl (C=O) groups excluding carboxylic acids is 2. The molecule has 2 aromatic rings. The van der Waals surface area contributed by atoms with E-state index in [9.17, 15) is 19.7 Å². The highest BCUT2D eigenvalue weighted by Gasteiger charge is 2.27. The molecule has 1 aliphatic heterocycles. The average Bonchev–Trinajstić information content (AvgIpc) is 3.31. The first-order chi connectivity index (χ1) is 14.4. The number of anilines is 1. The number of methoxy groups -OCH3 is 2. The Kier molecular flexibility index (Phi) is 6.51. The first-order valence-electron chi connectivity index (χ1n) is 9.51. The number of likely N-dealkylation sites (tertiary alicyclic amines) is 1. The van der Waals surface area contributed by atoms with Crippen LogP contribution in [-0.4, -0.2) is 49.0 Å². The summed E-state index contributed by atoms with van der Waals surface area (Å²) in [6.07, 6.45) is 1.80. The molecule has 3 rings (SSSR count). The molecule has 9 nitrogen and oxygen atoms in total. The number of rotatable bonds is 7. The number of nitrogens with zero attached hydrogens (tertiary/aromatic N) is 2. The monoisotopic (exact) mass is 413 g/mol. The van der Waals surface area contributed by atoms with Gasteiger partial charge in [-0.1, -0.05) is 6.07 Å². The van der Waals surface area contributed by atoms with E-state index >= 15 is 0 Å². The van der Waals surface area contributed by atoms with Crippen LogP contribution in [0.2, 0.25) is 0 Å². The summed E-state index contributed by atoms with van der Waals surface area (Å²) in [6.45, 7) is 1.55. The second-order valence-electron chi connectivity index (χ2n) is 6.87. The SMILES string of the molecule is COC(=O)c1cc(CNc2ccc([N+](=O)[O-])c(C(=O)N3CCCC3)c2)ccc1OC. The second-order valence-corrected chi connectivity index (χ2v) is 6.87. The molecule has 0 aliphatic carbocycles. The normalized spacial score (nSPS) is 13.1.